The molecule has 136 valence electrons. The Hall–Kier alpha value is -3.56. The number of pyridine rings is 1. The van der Waals surface area contributed by atoms with Crippen LogP contribution in [0.2, 0.25) is 0 Å². The molecule has 0 saturated carbocycles. The van der Waals surface area contributed by atoms with E-state index in [1.807, 2.05) is 0 Å². The van der Waals surface area contributed by atoms with Crippen molar-refractivity contribution < 1.29 is 28.0 Å². The third kappa shape index (κ3) is 4.97. The minimum atomic E-state index is -3.17. The lowest BCUT2D eigenvalue weighted by Gasteiger charge is -2.10. The van der Waals surface area contributed by atoms with E-state index in [1.54, 1.807) is 12.1 Å². The molecule has 0 atom stereocenters. The number of ether oxygens (including phenoxy) is 2. The van der Waals surface area contributed by atoms with Crippen LogP contribution in [0, 0.1) is 10.1 Å². The maximum atomic E-state index is 12.4. The second kappa shape index (κ2) is 8.51. The van der Waals surface area contributed by atoms with Crippen molar-refractivity contribution in [2.75, 3.05) is 12.4 Å². The van der Waals surface area contributed by atoms with Gasteiger partial charge in [0.15, 0.2) is 11.5 Å². The molecule has 2 aromatic rings. The van der Waals surface area contributed by atoms with Crippen molar-refractivity contribution in [1.82, 2.24) is 4.98 Å². The lowest BCUT2D eigenvalue weighted by Crippen LogP contribution is -2.08. The number of nitrogens with one attached hydrogen (secondary N) is 1. The van der Waals surface area contributed by atoms with Crippen LogP contribution in [0.1, 0.15) is 5.56 Å². The Morgan fingerprint density at radius 3 is 2.58 bits per heavy atom. The predicted octanol–water partition coefficient (Wildman–Crippen LogP) is 3.25. The molecule has 0 saturated heterocycles. The van der Waals surface area contributed by atoms with Gasteiger partial charge < -0.3 is 14.8 Å². The largest absolute Gasteiger partial charge is 0.493 e. The number of rotatable bonds is 7. The van der Waals surface area contributed by atoms with Gasteiger partial charge >= 0.3 is 6.61 Å². The molecule has 0 aliphatic carbocycles. The summed E-state index contributed by atoms with van der Waals surface area (Å²) in [4.78, 5) is 26.1. The van der Waals surface area contributed by atoms with Gasteiger partial charge in [0.05, 0.1) is 23.7 Å². The van der Waals surface area contributed by atoms with Crippen LogP contribution in [0.4, 0.5) is 20.2 Å². The smallest absolute Gasteiger partial charge is 0.387 e. The SMILES string of the molecule is COc1cc(/C=C/C(=O)Nc2ccncc2)c([N+](=O)[O-])cc1OC(F)F. The minimum Gasteiger partial charge on any atom is -0.493 e. The number of halogens is 2. The molecule has 0 bridgehead atoms. The summed E-state index contributed by atoms with van der Waals surface area (Å²) in [6.45, 7) is -3.17. The maximum Gasteiger partial charge on any atom is 0.387 e. The van der Waals surface area contributed by atoms with E-state index in [1.165, 1.54) is 25.6 Å². The molecule has 10 heteroatoms. The topological polar surface area (TPSA) is 104 Å². The Bertz CT molecular complexity index is 828. The fourth-order valence-corrected chi connectivity index (χ4v) is 1.99. The Labute approximate surface area is 146 Å². The van der Waals surface area contributed by atoms with Crippen LogP contribution in [0.15, 0.2) is 42.7 Å². The molecule has 1 aromatic carbocycles. The summed E-state index contributed by atoms with van der Waals surface area (Å²) in [5.41, 5.74) is -0.0461. The van der Waals surface area contributed by atoms with Crippen molar-refractivity contribution in [3.63, 3.8) is 0 Å². The highest BCUT2D eigenvalue weighted by Gasteiger charge is 2.20. The Morgan fingerprint density at radius 2 is 2.00 bits per heavy atom. The van der Waals surface area contributed by atoms with E-state index in [4.69, 9.17) is 4.74 Å². The molecule has 1 amide bonds. The summed E-state index contributed by atoms with van der Waals surface area (Å²) < 4.78 is 33.9. The van der Waals surface area contributed by atoms with Crippen LogP contribution < -0.4 is 14.8 Å². The van der Waals surface area contributed by atoms with E-state index in [2.05, 4.69) is 15.0 Å². The van der Waals surface area contributed by atoms with Crippen molar-refractivity contribution in [2.24, 2.45) is 0 Å². The van der Waals surface area contributed by atoms with Crippen LogP contribution in [0.5, 0.6) is 11.5 Å². The molecule has 1 N–H and O–H groups in total. The van der Waals surface area contributed by atoms with Crippen molar-refractivity contribution in [2.45, 2.75) is 6.61 Å². The summed E-state index contributed by atoms with van der Waals surface area (Å²) in [5, 5.41) is 13.7. The van der Waals surface area contributed by atoms with Crippen molar-refractivity contribution >= 4 is 23.4 Å². The van der Waals surface area contributed by atoms with Crippen molar-refractivity contribution in [3.8, 4) is 11.5 Å². The molecule has 26 heavy (non-hydrogen) atoms. The van der Waals surface area contributed by atoms with Crippen molar-refractivity contribution in [1.29, 1.82) is 0 Å². The van der Waals surface area contributed by atoms with Crippen LogP contribution >= 0.6 is 0 Å². The number of hydrogen-bond donors (Lipinski definition) is 1. The Morgan fingerprint density at radius 1 is 1.31 bits per heavy atom. The van der Waals surface area contributed by atoms with E-state index in [-0.39, 0.29) is 11.3 Å². The highest BCUT2D eigenvalue weighted by molar-refractivity contribution is 6.02. The number of nitrogens with zero attached hydrogens (tertiary/aromatic N) is 2. The number of alkyl halides is 2. The van der Waals surface area contributed by atoms with Crippen LogP contribution in [-0.2, 0) is 4.79 Å². The summed E-state index contributed by atoms with van der Waals surface area (Å²) in [6.07, 6.45) is 5.20. The van der Waals surface area contributed by atoms with Gasteiger partial charge in [0.2, 0.25) is 5.91 Å². The zero-order valence-electron chi connectivity index (χ0n) is 13.4. The van der Waals surface area contributed by atoms with Gasteiger partial charge in [-0.3, -0.25) is 19.9 Å². The van der Waals surface area contributed by atoms with Gasteiger partial charge in [0.25, 0.3) is 5.69 Å². The van der Waals surface area contributed by atoms with E-state index < -0.39 is 28.9 Å². The fourth-order valence-electron chi connectivity index (χ4n) is 1.99. The first-order chi connectivity index (χ1) is 12.4. The van der Waals surface area contributed by atoms with E-state index in [9.17, 15) is 23.7 Å². The number of nitro groups is 1. The van der Waals surface area contributed by atoms with Gasteiger partial charge in [-0.15, -0.1) is 0 Å². The number of carbonyl (C=O) groups excluding carboxylic acids is 1. The monoisotopic (exact) mass is 365 g/mol. The van der Waals surface area contributed by atoms with Gasteiger partial charge in [-0.05, 0) is 24.3 Å². The molecular formula is C16H13F2N3O5. The number of anilines is 1. The molecule has 0 aliphatic rings. The van der Waals surface area contributed by atoms with E-state index >= 15 is 0 Å². The normalized spacial score (nSPS) is 10.8. The highest BCUT2D eigenvalue weighted by atomic mass is 19.3. The number of amides is 1. The summed E-state index contributed by atoms with van der Waals surface area (Å²) in [5.74, 6) is -1.16. The number of carbonyl (C=O) groups is 1. The molecule has 0 fully saturated rings. The first kappa shape index (κ1) is 18.8. The molecule has 0 aliphatic heterocycles. The van der Waals surface area contributed by atoms with Crippen LogP contribution in [0.3, 0.4) is 0 Å². The molecule has 2 rings (SSSR count). The third-order valence-electron chi connectivity index (χ3n) is 3.09. The number of benzene rings is 1. The second-order valence-corrected chi connectivity index (χ2v) is 4.76. The number of hydrogen-bond acceptors (Lipinski definition) is 6. The lowest BCUT2D eigenvalue weighted by atomic mass is 10.1. The van der Waals surface area contributed by atoms with E-state index in [0.717, 1.165) is 18.2 Å². The highest BCUT2D eigenvalue weighted by Crippen LogP contribution is 2.36. The van der Waals surface area contributed by atoms with Gasteiger partial charge in [0, 0.05) is 24.2 Å². The van der Waals surface area contributed by atoms with Gasteiger partial charge in [0.1, 0.15) is 0 Å². The molecule has 1 heterocycles. The molecule has 0 spiro atoms. The number of aromatic nitrogens is 1. The quantitative estimate of drug-likeness (QED) is 0.459. The number of nitro benzene ring substituents is 1. The summed E-state index contributed by atoms with van der Waals surface area (Å²) in [6, 6.07) is 5.07. The van der Waals surface area contributed by atoms with Crippen LogP contribution in [0.25, 0.3) is 6.08 Å². The molecule has 0 radical (unpaired) electrons. The molecule has 0 unspecified atom stereocenters. The Kier molecular flexibility index (Phi) is 6.15. The lowest BCUT2D eigenvalue weighted by molar-refractivity contribution is -0.385. The summed E-state index contributed by atoms with van der Waals surface area (Å²) >= 11 is 0. The average Bonchev–Trinajstić information content (AvgIpc) is 2.60. The van der Waals surface area contributed by atoms with E-state index in [0.29, 0.717) is 5.69 Å². The zero-order valence-corrected chi connectivity index (χ0v) is 13.4. The maximum absolute atomic E-state index is 12.4. The van der Waals surface area contributed by atoms with Gasteiger partial charge in [-0.25, -0.2) is 0 Å². The zero-order chi connectivity index (χ0) is 19.1. The number of methoxy groups -OCH3 is 1. The second-order valence-electron chi connectivity index (χ2n) is 4.76. The molecule has 8 nitrogen and oxygen atoms in total. The standard InChI is InChI=1S/C16H13F2N3O5/c1-25-13-8-10(12(21(23)24)9-14(13)26-16(17)18)2-3-15(22)20-11-4-6-19-7-5-11/h2-9,16H,1H3,(H,19,20,22)/b3-2+. The molecule has 1 aromatic heterocycles. The Balaban J connectivity index is 2.29. The fraction of sp³-hybridized carbons (Fsp3) is 0.125. The summed E-state index contributed by atoms with van der Waals surface area (Å²) in [7, 11) is 1.20. The van der Waals surface area contributed by atoms with Gasteiger partial charge in [-0.2, -0.15) is 8.78 Å². The first-order valence-corrected chi connectivity index (χ1v) is 7.11. The van der Waals surface area contributed by atoms with Crippen molar-refractivity contribution in [3.05, 3.63) is 58.4 Å². The average molecular weight is 365 g/mol. The predicted molar refractivity (Wildman–Crippen MR) is 88.2 cm³/mol. The minimum absolute atomic E-state index is 0.0154. The van der Waals surface area contributed by atoms with Gasteiger partial charge in [-0.1, -0.05) is 0 Å². The third-order valence-corrected chi connectivity index (χ3v) is 3.09. The first-order valence-electron chi connectivity index (χ1n) is 7.11. The van der Waals surface area contributed by atoms with Crippen LogP contribution in [-0.4, -0.2) is 29.5 Å². The molecular weight excluding hydrogens is 352 g/mol.